The van der Waals surface area contributed by atoms with Gasteiger partial charge in [0.1, 0.15) is 5.75 Å². The number of phenolic OH excluding ortho intramolecular Hbond substituents is 1. The molecule has 0 spiro atoms. The van der Waals surface area contributed by atoms with Crippen LogP contribution in [-0.4, -0.2) is 33.4 Å². The van der Waals surface area contributed by atoms with Gasteiger partial charge in [-0.3, -0.25) is 14.5 Å². The number of imide groups is 1. The number of hydrogen-bond acceptors (Lipinski definition) is 3. The number of benzene rings is 3. The van der Waals surface area contributed by atoms with Gasteiger partial charge in [-0.1, -0.05) is 36.4 Å². The van der Waals surface area contributed by atoms with Crippen molar-refractivity contribution in [2.45, 2.75) is 0 Å². The summed E-state index contributed by atoms with van der Waals surface area (Å²) < 4.78 is 2.02. The second-order valence-electron chi connectivity index (χ2n) is 6.83. The number of phenols is 1. The quantitative estimate of drug-likeness (QED) is 0.526. The lowest BCUT2D eigenvalue weighted by molar-refractivity contribution is 0.0694. The summed E-state index contributed by atoms with van der Waals surface area (Å²) in [6, 6.07) is 16.6. The molecule has 0 aliphatic carbocycles. The Kier molecular flexibility index (Phi) is 3.01. The second-order valence-corrected chi connectivity index (χ2v) is 6.83. The third-order valence-electron chi connectivity index (χ3n) is 5.43. The van der Waals surface area contributed by atoms with E-state index in [1.165, 1.54) is 7.05 Å². The van der Waals surface area contributed by atoms with Crippen LogP contribution in [0.3, 0.4) is 0 Å². The predicted octanol–water partition coefficient (Wildman–Crippen LogP) is 3.93. The van der Waals surface area contributed by atoms with Gasteiger partial charge in [0.2, 0.25) is 0 Å². The highest BCUT2D eigenvalue weighted by Crippen LogP contribution is 2.43. The van der Waals surface area contributed by atoms with E-state index in [1.54, 1.807) is 24.3 Å². The number of aryl methyl sites for hydroxylation is 1. The van der Waals surface area contributed by atoms with Crippen molar-refractivity contribution in [1.82, 2.24) is 9.47 Å². The molecule has 1 aromatic heterocycles. The van der Waals surface area contributed by atoms with E-state index in [0.717, 1.165) is 26.7 Å². The van der Waals surface area contributed by atoms with Crippen LogP contribution in [-0.2, 0) is 7.05 Å². The molecule has 5 rings (SSSR count). The summed E-state index contributed by atoms with van der Waals surface area (Å²) in [5.41, 5.74) is 3.72. The van der Waals surface area contributed by atoms with E-state index in [4.69, 9.17) is 0 Å². The lowest BCUT2D eigenvalue weighted by Gasteiger charge is -2.10. The first kappa shape index (κ1) is 15.6. The lowest BCUT2D eigenvalue weighted by Crippen LogP contribution is -2.24. The molecule has 0 radical (unpaired) electrons. The molecule has 0 atom stereocenters. The molecule has 2 amide bonds. The first-order valence-electron chi connectivity index (χ1n) is 8.65. The van der Waals surface area contributed by atoms with Crippen LogP contribution in [0.25, 0.3) is 32.9 Å². The zero-order valence-corrected chi connectivity index (χ0v) is 14.9. The van der Waals surface area contributed by atoms with Crippen molar-refractivity contribution in [3.63, 3.8) is 0 Å². The highest BCUT2D eigenvalue weighted by Gasteiger charge is 2.38. The molecule has 2 heterocycles. The van der Waals surface area contributed by atoms with Crippen LogP contribution in [0.2, 0.25) is 0 Å². The first-order valence-corrected chi connectivity index (χ1v) is 8.65. The van der Waals surface area contributed by atoms with Gasteiger partial charge in [-0.15, -0.1) is 0 Å². The van der Waals surface area contributed by atoms with Gasteiger partial charge in [0.05, 0.1) is 16.6 Å². The number of hydrogen-bond donors (Lipinski definition) is 1. The van der Waals surface area contributed by atoms with Gasteiger partial charge < -0.3 is 9.67 Å². The van der Waals surface area contributed by atoms with Crippen LogP contribution >= 0.6 is 0 Å². The Labute approximate surface area is 155 Å². The van der Waals surface area contributed by atoms with Crippen molar-refractivity contribution in [3.05, 3.63) is 65.7 Å². The number of carbonyl (C=O) groups excluding carboxylic acids is 2. The fourth-order valence-corrected chi connectivity index (χ4v) is 4.09. The van der Waals surface area contributed by atoms with E-state index in [9.17, 15) is 14.7 Å². The van der Waals surface area contributed by atoms with Gasteiger partial charge >= 0.3 is 0 Å². The first-order chi connectivity index (χ1) is 13.0. The summed E-state index contributed by atoms with van der Waals surface area (Å²) in [6.45, 7) is 0. The summed E-state index contributed by atoms with van der Waals surface area (Å²) in [7, 11) is 3.44. The Bertz CT molecular complexity index is 1300. The fraction of sp³-hybridized carbons (Fsp3) is 0.0909. The summed E-state index contributed by atoms with van der Waals surface area (Å²) in [4.78, 5) is 27.0. The molecular weight excluding hydrogens is 340 g/mol. The van der Waals surface area contributed by atoms with Crippen molar-refractivity contribution in [2.24, 2.45) is 7.05 Å². The Morgan fingerprint density at radius 3 is 2.22 bits per heavy atom. The van der Waals surface area contributed by atoms with Crippen molar-refractivity contribution in [1.29, 1.82) is 0 Å². The maximum Gasteiger partial charge on any atom is 0.262 e. The maximum absolute atomic E-state index is 13.0. The molecule has 0 saturated heterocycles. The van der Waals surface area contributed by atoms with Crippen LogP contribution < -0.4 is 0 Å². The summed E-state index contributed by atoms with van der Waals surface area (Å²) in [5, 5.41) is 12.1. The van der Waals surface area contributed by atoms with Crippen LogP contribution in [0.15, 0.2) is 54.6 Å². The third kappa shape index (κ3) is 1.88. The number of aromatic hydroxyl groups is 1. The molecule has 0 saturated carbocycles. The number of amides is 2. The minimum absolute atomic E-state index is 0.0765. The molecule has 5 heteroatoms. The van der Waals surface area contributed by atoms with Crippen LogP contribution in [0.5, 0.6) is 5.75 Å². The topological polar surface area (TPSA) is 62.5 Å². The van der Waals surface area contributed by atoms with Crippen LogP contribution in [0, 0.1) is 0 Å². The van der Waals surface area contributed by atoms with E-state index in [2.05, 4.69) is 0 Å². The summed E-state index contributed by atoms with van der Waals surface area (Å²) in [5.74, 6) is -0.579. The van der Waals surface area contributed by atoms with Crippen molar-refractivity contribution in [2.75, 3.05) is 7.05 Å². The SMILES string of the molecule is CN1C(=O)c2c(-c3ccccc3O)cc3c(c2C1=O)c1ccccc1n3C. The average Bonchev–Trinajstić information content (AvgIpc) is 3.09. The smallest absolute Gasteiger partial charge is 0.262 e. The van der Waals surface area contributed by atoms with Crippen LogP contribution in [0.1, 0.15) is 20.7 Å². The lowest BCUT2D eigenvalue weighted by atomic mass is 9.92. The van der Waals surface area contributed by atoms with Crippen molar-refractivity contribution in [3.8, 4) is 16.9 Å². The Hall–Kier alpha value is -3.60. The summed E-state index contributed by atoms with van der Waals surface area (Å²) in [6.07, 6.45) is 0. The van der Waals surface area contributed by atoms with E-state index >= 15 is 0 Å². The second kappa shape index (κ2) is 5.20. The molecule has 132 valence electrons. The molecule has 5 nitrogen and oxygen atoms in total. The van der Waals surface area contributed by atoms with Gasteiger partial charge in [0, 0.05) is 41.5 Å². The van der Waals surface area contributed by atoms with E-state index in [-0.39, 0.29) is 17.6 Å². The molecule has 1 aliphatic rings. The maximum atomic E-state index is 13.0. The Balaban J connectivity index is 2.04. The molecule has 1 N–H and O–H groups in total. The number of carbonyl (C=O) groups is 2. The average molecular weight is 356 g/mol. The normalized spacial score (nSPS) is 13.8. The fourth-order valence-electron chi connectivity index (χ4n) is 4.09. The minimum Gasteiger partial charge on any atom is -0.507 e. The minimum atomic E-state index is -0.344. The Morgan fingerprint density at radius 1 is 0.778 bits per heavy atom. The van der Waals surface area contributed by atoms with Crippen molar-refractivity contribution < 1.29 is 14.7 Å². The largest absolute Gasteiger partial charge is 0.507 e. The molecule has 4 aromatic rings. The van der Waals surface area contributed by atoms with E-state index < -0.39 is 0 Å². The molecule has 0 unspecified atom stereocenters. The molecule has 1 aliphatic heterocycles. The van der Waals surface area contributed by atoms with Gasteiger partial charge in [-0.2, -0.15) is 0 Å². The summed E-state index contributed by atoms with van der Waals surface area (Å²) >= 11 is 0. The van der Waals surface area contributed by atoms with Gasteiger partial charge in [0.15, 0.2) is 0 Å². The van der Waals surface area contributed by atoms with E-state index in [1.807, 2.05) is 41.9 Å². The number of para-hydroxylation sites is 2. The van der Waals surface area contributed by atoms with Gasteiger partial charge in [-0.25, -0.2) is 0 Å². The van der Waals surface area contributed by atoms with E-state index in [0.29, 0.717) is 22.3 Å². The number of nitrogens with zero attached hydrogens (tertiary/aromatic N) is 2. The van der Waals surface area contributed by atoms with Crippen molar-refractivity contribution >= 4 is 33.6 Å². The number of rotatable bonds is 1. The van der Waals surface area contributed by atoms with Crippen LogP contribution in [0.4, 0.5) is 0 Å². The van der Waals surface area contributed by atoms with Gasteiger partial charge in [0.25, 0.3) is 11.8 Å². The molecule has 0 fully saturated rings. The molecule has 3 aromatic carbocycles. The zero-order chi connectivity index (χ0) is 18.9. The predicted molar refractivity (Wildman–Crippen MR) is 104 cm³/mol. The monoisotopic (exact) mass is 356 g/mol. The molecular formula is C22H16N2O3. The highest BCUT2D eigenvalue weighted by atomic mass is 16.3. The number of aromatic nitrogens is 1. The highest BCUT2D eigenvalue weighted by molar-refractivity contribution is 6.32. The number of fused-ring (bicyclic) bond motifs is 5. The molecule has 0 bridgehead atoms. The third-order valence-corrected chi connectivity index (χ3v) is 5.43. The van der Waals surface area contributed by atoms with Gasteiger partial charge in [-0.05, 0) is 18.2 Å². The standard InChI is InChI=1S/C22H16N2O3/c1-23-15-9-5-3-8-13(15)18-16(23)11-14(12-7-4-6-10-17(12)25)19-20(18)22(27)24(2)21(19)26/h3-11,25H,1-2H3. The zero-order valence-electron chi connectivity index (χ0n) is 14.9. The Morgan fingerprint density at radius 2 is 1.44 bits per heavy atom. The molecule has 27 heavy (non-hydrogen) atoms.